The van der Waals surface area contributed by atoms with Crippen molar-refractivity contribution in [2.24, 2.45) is 0 Å². The van der Waals surface area contributed by atoms with E-state index < -0.39 is 10.0 Å². The molecule has 1 N–H and O–H groups in total. The van der Waals surface area contributed by atoms with Gasteiger partial charge in [0.15, 0.2) is 0 Å². The molecule has 6 heteroatoms. The Morgan fingerprint density at radius 2 is 1.80 bits per heavy atom. The van der Waals surface area contributed by atoms with Crippen LogP contribution in [0.1, 0.15) is 32.8 Å². The summed E-state index contributed by atoms with van der Waals surface area (Å²) < 4.78 is 34.2. The van der Waals surface area contributed by atoms with Crippen molar-refractivity contribution in [3.63, 3.8) is 0 Å². The molecule has 0 fully saturated rings. The van der Waals surface area contributed by atoms with Crippen LogP contribution in [0.15, 0.2) is 57.9 Å². The molecule has 0 aromatic heterocycles. The van der Waals surface area contributed by atoms with Gasteiger partial charge in [0.05, 0.1) is 7.11 Å². The maximum Gasteiger partial charge on any atom is 0.244 e. The SMILES string of the molecule is COc1ccc(Br)cc1S(=O)(=O)N[C@H](C)CC(C)(C)c1ccccc1. The van der Waals surface area contributed by atoms with Crippen LogP contribution in [-0.2, 0) is 15.4 Å². The molecule has 0 radical (unpaired) electrons. The summed E-state index contributed by atoms with van der Waals surface area (Å²) in [6.07, 6.45) is 0.673. The number of rotatable bonds is 7. The van der Waals surface area contributed by atoms with Crippen LogP contribution < -0.4 is 9.46 Å². The minimum Gasteiger partial charge on any atom is -0.495 e. The monoisotopic (exact) mass is 425 g/mol. The van der Waals surface area contributed by atoms with Crippen molar-refractivity contribution in [1.29, 1.82) is 0 Å². The van der Waals surface area contributed by atoms with E-state index in [-0.39, 0.29) is 16.4 Å². The topological polar surface area (TPSA) is 55.4 Å². The first-order valence-electron chi connectivity index (χ1n) is 8.07. The fourth-order valence-electron chi connectivity index (χ4n) is 3.00. The summed E-state index contributed by atoms with van der Waals surface area (Å²) in [5, 5.41) is 0. The standard InChI is InChI=1S/C19H24BrNO3S/c1-14(13-19(2,3)15-8-6-5-7-9-15)21-25(22,23)18-12-16(20)10-11-17(18)24-4/h5-12,14,21H,13H2,1-4H3/t14-/m1/s1. The van der Waals surface area contributed by atoms with Crippen LogP contribution in [0, 0.1) is 0 Å². The predicted octanol–water partition coefficient (Wildman–Crippen LogP) is 4.49. The largest absolute Gasteiger partial charge is 0.495 e. The molecule has 0 aliphatic heterocycles. The van der Waals surface area contributed by atoms with Gasteiger partial charge >= 0.3 is 0 Å². The Kier molecular flexibility index (Phi) is 6.30. The maximum absolute atomic E-state index is 12.8. The molecule has 25 heavy (non-hydrogen) atoms. The molecule has 0 saturated carbocycles. The molecule has 0 saturated heterocycles. The van der Waals surface area contributed by atoms with Gasteiger partial charge in [-0.1, -0.05) is 60.1 Å². The minimum atomic E-state index is -3.68. The molecule has 0 aliphatic rings. The molecule has 0 amide bonds. The second-order valence-electron chi connectivity index (χ2n) is 6.77. The zero-order chi connectivity index (χ0) is 18.7. The van der Waals surface area contributed by atoms with Crippen molar-refractivity contribution in [3.8, 4) is 5.75 Å². The number of sulfonamides is 1. The second kappa shape index (κ2) is 7.89. The molecular formula is C19H24BrNO3S. The lowest BCUT2D eigenvalue weighted by molar-refractivity contribution is 0.399. The summed E-state index contributed by atoms with van der Waals surface area (Å²) in [7, 11) is -2.22. The van der Waals surface area contributed by atoms with Gasteiger partial charge in [-0.3, -0.25) is 0 Å². The summed E-state index contributed by atoms with van der Waals surface area (Å²) >= 11 is 3.32. The van der Waals surface area contributed by atoms with E-state index in [0.717, 1.165) is 0 Å². The van der Waals surface area contributed by atoms with E-state index in [0.29, 0.717) is 16.6 Å². The molecule has 4 nitrogen and oxygen atoms in total. The molecule has 0 unspecified atom stereocenters. The van der Waals surface area contributed by atoms with E-state index >= 15 is 0 Å². The molecule has 1 atom stereocenters. The number of hydrogen-bond donors (Lipinski definition) is 1. The second-order valence-corrected chi connectivity index (χ2v) is 9.37. The Bertz CT molecular complexity index is 820. The molecule has 0 heterocycles. The molecule has 2 rings (SSSR count). The highest BCUT2D eigenvalue weighted by Crippen LogP contribution is 2.30. The van der Waals surface area contributed by atoms with Crippen LogP contribution in [0.2, 0.25) is 0 Å². The summed E-state index contributed by atoms with van der Waals surface area (Å²) in [5.41, 5.74) is 1.03. The van der Waals surface area contributed by atoms with Gasteiger partial charge in [0.1, 0.15) is 10.6 Å². The first kappa shape index (κ1) is 19.9. The zero-order valence-corrected chi connectivity index (χ0v) is 17.3. The van der Waals surface area contributed by atoms with Gasteiger partial charge in [-0.15, -0.1) is 0 Å². The highest BCUT2D eigenvalue weighted by Gasteiger charge is 2.27. The Morgan fingerprint density at radius 3 is 2.40 bits per heavy atom. The lowest BCUT2D eigenvalue weighted by Gasteiger charge is -2.29. The summed E-state index contributed by atoms with van der Waals surface area (Å²) in [4.78, 5) is 0.133. The highest BCUT2D eigenvalue weighted by atomic mass is 79.9. The number of nitrogens with one attached hydrogen (secondary N) is 1. The molecule has 0 aliphatic carbocycles. The van der Waals surface area contributed by atoms with E-state index in [9.17, 15) is 8.42 Å². The van der Waals surface area contributed by atoms with Crippen LogP contribution >= 0.6 is 15.9 Å². The van der Waals surface area contributed by atoms with E-state index in [4.69, 9.17) is 4.74 Å². The van der Waals surface area contributed by atoms with Gasteiger partial charge in [0, 0.05) is 10.5 Å². The third kappa shape index (κ3) is 5.06. The molecule has 136 valence electrons. The lowest BCUT2D eigenvalue weighted by atomic mass is 9.79. The van der Waals surface area contributed by atoms with E-state index in [2.05, 4.69) is 46.6 Å². The van der Waals surface area contributed by atoms with Crippen molar-refractivity contribution in [1.82, 2.24) is 4.72 Å². The Morgan fingerprint density at radius 1 is 1.16 bits per heavy atom. The lowest BCUT2D eigenvalue weighted by Crippen LogP contribution is -2.37. The summed E-state index contributed by atoms with van der Waals surface area (Å²) in [5.74, 6) is 0.324. The molecular weight excluding hydrogens is 402 g/mol. The van der Waals surface area contributed by atoms with Crippen LogP contribution in [0.3, 0.4) is 0 Å². The summed E-state index contributed by atoms with van der Waals surface area (Å²) in [6, 6.07) is 14.8. The maximum atomic E-state index is 12.8. The average molecular weight is 426 g/mol. The molecule has 0 spiro atoms. The van der Waals surface area contributed by atoms with Gasteiger partial charge in [0.2, 0.25) is 10.0 Å². The predicted molar refractivity (Wildman–Crippen MR) is 105 cm³/mol. The quantitative estimate of drug-likeness (QED) is 0.710. The smallest absolute Gasteiger partial charge is 0.244 e. The van der Waals surface area contributed by atoms with Gasteiger partial charge in [0.25, 0.3) is 0 Å². The van der Waals surface area contributed by atoms with Crippen molar-refractivity contribution >= 4 is 26.0 Å². The zero-order valence-electron chi connectivity index (χ0n) is 14.9. The number of hydrogen-bond acceptors (Lipinski definition) is 3. The van der Waals surface area contributed by atoms with Crippen LogP contribution in [0.5, 0.6) is 5.75 Å². The number of methoxy groups -OCH3 is 1. The molecule has 2 aromatic carbocycles. The van der Waals surface area contributed by atoms with E-state index in [1.54, 1.807) is 18.2 Å². The first-order chi connectivity index (χ1) is 11.7. The third-order valence-corrected chi connectivity index (χ3v) is 6.25. The summed E-state index contributed by atoms with van der Waals surface area (Å²) in [6.45, 7) is 6.12. The fraction of sp³-hybridized carbons (Fsp3) is 0.368. The number of halogens is 1. The molecule has 2 aromatic rings. The van der Waals surface area contributed by atoms with Crippen molar-refractivity contribution in [3.05, 3.63) is 58.6 Å². The van der Waals surface area contributed by atoms with Crippen molar-refractivity contribution in [2.75, 3.05) is 7.11 Å². The van der Waals surface area contributed by atoms with Gasteiger partial charge in [-0.25, -0.2) is 13.1 Å². The van der Waals surface area contributed by atoms with Crippen LogP contribution in [0.25, 0.3) is 0 Å². The van der Waals surface area contributed by atoms with Gasteiger partial charge in [-0.2, -0.15) is 0 Å². The highest BCUT2D eigenvalue weighted by molar-refractivity contribution is 9.10. The number of ether oxygens (including phenoxy) is 1. The number of benzene rings is 2. The van der Waals surface area contributed by atoms with Crippen molar-refractivity contribution < 1.29 is 13.2 Å². The van der Waals surface area contributed by atoms with Crippen molar-refractivity contribution in [2.45, 2.75) is 43.5 Å². The molecule has 0 bridgehead atoms. The normalized spacial score (nSPS) is 13.5. The van der Waals surface area contributed by atoms with Gasteiger partial charge in [-0.05, 0) is 42.5 Å². The van der Waals surface area contributed by atoms with Crippen LogP contribution in [-0.4, -0.2) is 21.6 Å². The third-order valence-electron chi connectivity index (χ3n) is 4.14. The Balaban J connectivity index is 2.19. The first-order valence-corrected chi connectivity index (χ1v) is 10.3. The van der Waals surface area contributed by atoms with E-state index in [1.807, 2.05) is 25.1 Å². The van der Waals surface area contributed by atoms with Gasteiger partial charge < -0.3 is 4.74 Å². The minimum absolute atomic E-state index is 0.133. The Hall–Kier alpha value is -1.37. The Labute approximate surface area is 158 Å². The van der Waals surface area contributed by atoms with E-state index in [1.165, 1.54) is 12.7 Å². The van der Waals surface area contributed by atoms with Crippen LogP contribution in [0.4, 0.5) is 0 Å². The fourth-order valence-corrected chi connectivity index (χ4v) is 4.95. The average Bonchev–Trinajstić information content (AvgIpc) is 2.54.